The second-order valence-electron chi connectivity index (χ2n) is 4.22. The van der Waals surface area contributed by atoms with Gasteiger partial charge in [0, 0.05) is 12.3 Å². The molecule has 0 unspecified atom stereocenters. The summed E-state index contributed by atoms with van der Waals surface area (Å²) in [6.07, 6.45) is -2.62. The summed E-state index contributed by atoms with van der Waals surface area (Å²) in [5.74, 6) is -0.710. The molecule has 0 fully saturated rings. The summed E-state index contributed by atoms with van der Waals surface area (Å²) in [6, 6.07) is 3.12. The standard InChI is InChI=1S/C12H7F4N5/c13-7-3-9(21-10(7)5-19-11(17)20-21)8-2-1-6(4-18-8)12(14,15)16/h1-5H,(H2,17,20). The van der Waals surface area contributed by atoms with Crippen LogP contribution in [0.2, 0.25) is 0 Å². The van der Waals surface area contributed by atoms with Crippen molar-refractivity contribution >= 4 is 11.5 Å². The molecule has 2 N–H and O–H groups in total. The minimum Gasteiger partial charge on any atom is -0.367 e. The highest BCUT2D eigenvalue weighted by Crippen LogP contribution is 2.30. The molecule has 0 radical (unpaired) electrons. The average Bonchev–Trinajstić information content (AvgIpc) is 2.75. The Balaban J connectivity index is 2.14. The van der Waals surface area contributed by atoms with Gasteiger partial charge in [-0.05, 0) is 12.1 Å². The van der Waals surface area contributed by atoms with Crippen LogP contribution in [-0.2, 0) is 6.18 Å². The van der Waals surface area contributed by atoms with E-state index in [0.29, 0.717) is 6.20 Å². The molecular weight excluding hydrogens is 290 g/mol. The van der Waals surface area contributed by atoms with Crippen LogP contribution in [0, 0.1) is 5.82 Å². The normalized spacial score (nSPS) is 12.0. The predicted octanol–water partition coefficient (Wildman–Crippen LogP) is 2.53. The molecule has 9 heteroatoms. The lowest BCUT2D eigenvalue weighted by molar-refractivity contribution is -0.137. The number of rotatable bonds is 1. The fourth-order valence-electron chi connectivity index (χ4n) is 1.86. The van der Waals surface area contributed by atoms with Crippen LogP contribution >= 0.6 is 0 Å². The summed E-state index contributed by atoms with van der Waals surface area (Å²) >= 11 is 0. The van der Waals surface area contributed by atoms with Crippen molar-refractivity contribution in [3.63, 3.8) is 0 Å². The summed E-state index contributed by atoms with van der Waals surface area (Å²) in [5, 5.41) is 3.83. The van der Waals surface area contributed by atoms with Crippen molar-refractivity contribution in [1.29, 1.82) is 0 Å². The highest BCUT2D eigenvalue weighted by atomic mass is 19.4. The van der Waals surface area contributed by atoms with E-state index in [-0.39, 0.29) is 22.9 Å². The van der Waals surface area contributed by atoms with Gasteiger partial charge in [-0.15, -0.1) is 5.10 Å². The maximum atomic E-state index is 13.7. The van der Waals surface area contributed by atoms with Gasteiger partial charge in [-0.1, -0.05) is 0 Å². The van der Waals surface area contributed by atoms with E-state index >= 15 is 0 Å². The molecule has 0 atom stereocenters. The van der Waals surface area contributed by atoms with Crippen LogP contribution in [0.1, 0.15) is 5.56 Å². The van der Waals surface area contributed by atoms with E-state index < -0.39 is 17.6 Å². The van der Waals surface area contributed by atoms with Crippen molar-refractivity contribution in [2.24, 2.45) is 0 Å². The zero-order valence-electron chi connectivity index (χ0n) is 10.3. The van der Waals surface area contributed by atoms with Gasteiger partial charge in [0.1, 0.15) is 5.52 Å². The van der Waals surface area contributed by atoms with Crippen molar-refractivity contribution in [3.05, 3.63) is 42.0 Å². The molecule has 3 aromatic rings. The number of nitrogens with zero attached hydrogens (tertiary/aromatic N) is 4. The minimum absolute atomic E-state index is 0.0564. The number of pyridine rings is 1. The second kappa shape index (κ2) is 4.40. The van der Waals surface area contributed by atoms with Crippen molar-refractivity contribution < 1.29 is 17.6 Å². The number of nitrogens with two attached hydrogens (primary N) is 1. The van der Waals surface area contributed by atoms with Gasteiger partial charge in [0.25, 0.3) is 0 Å². The molecule has 21 heavy (non-hydrogen) atoms. The SMILES string of the molecule is Nc1ncc2c(F)cc(-c3ccc(C(F)(F)F)cn3)n2n1. The van der Waals surface area contributed by atoms with Gasteiger partial charge in [0.15, 0.2) is 5.82 Å². The van der Waals surface area contributed by atoms with Crippen molar-refractivity contribution in [2.75, 3.05) is 5.73 Å². The first-order valence-corrected chi connectivity index (χ1v) is 5.69. The third kappa shape index (κ3) is 2.26. The Morgan fingerprint density at radius 3 is 2.48 bits per heavy atom. The first-order valence-electron chi connectivity index (χ1n) is 5.69. The number of nitrogen functional groups attached to an aromatic ring is 1. The van der Waals surface area contributed by atoms with E-state index in [1.807, 2.05) is 0 Å². The predicted molar refractivity (Wildman–Crippen MR) is 65.6 cm³/mol. The van der Waals surface area contributed by atoms with Gasteiger partial charge in [0.2, 0.25) is 5.95 Å². The smallest absolute Gasteiger partial charge is 0.367 e. The molecule has 0 aromatic carbocycles. The third-order valence-corrected chi connectivity index (χ3v) is 2.84. The molecule has 0 aliphatic heterocycles. The Kier molecular flexibility index (Phi) is 2.78. The average molecular weight is 297 g/mol. The molecule has 0 aliphatic rings. The summed E-state index contributed by atoms with van der Waals surface area (Å²) in [7, 11) is 0. The van der Waals surface area contributed by atoms with E-state index in [1.165, 1.54) is 6.20 Å². The molecule has 0 aliphatic carbocycles. The Labute approximate surface area is 115 Å². The first kappa shape index (κ1) is 13.3. The fraction of sp³-hybridized carbons (Fsp3) is 0.0833. The molecule has 0 bridgehead atoms. The lowest BCUT2D eigenvalue weighted by Gasteiger charge is -2.06. The monoisotopic (exact) mass is 297 g/mol. The van der Waals surface area contributed by atoms with Crippen molar-refractivity contribution in [1.82, 2.24) is 19.6 Å². The third-order valence-electron chi connectivity index (χ3n) is 2.84. The Morgan fingerprint density at radius 1 is 1.10 bits per heavy atom. The maximum absolute atomic E-state index is 13.7. The molecule has 0 saturated carbocycles. The topological polar surface area (TPSA) is 69.1 Å². The van der Waals surface area contributed by atoms with Crippen LogP contribution in [0.15, 0.2) is 30.6 Å². The largest absolute Gasteiger partial charge is 0.417 e. The number of fused-ring (bicyclic) bond motifs is 1. The van der Waals surface area contributed by atoms with E-state index in [2.05, 4.69) is 15.1 Å². The fourth-order valence-corrected chi connectivity index (χ4v) is 1.86. The zero-order valence-corrected chi connectivity index (χ0v) is 10.3. The summed E-state index contributed by atoms with van der Waals surface area (Å²) in [5.41, 5.74) is 4.92. The summed E-state index contributed by atoms with van der Waals surface area (Å²) < 4.78 is 52.4. The van der Waals surface area contributed by atoms with Crippen LogP contribution in [0.4, 0.5) is 23.5 Å². The van der Waals surface area contributed by atoms with Crippen molar-refractivity contribution in [3.8, 4) is 11.4 Å². The highest BCUT2D eigenvalue weighted by Gasteiger charge is 2.30. The number of hydrogen-bond acceptors (Lipinski definition) is 4. The lowest BCUT2D eigenvalue weighted by Crippen LogP contribution is -2.06. The maximum Gasteiger partial charge on any atom is 0.417 e. The molecule has 3 heterocycles. The molecule has 0 amide bonds. The molecule has 108 valence electrons. The Hall–Kier alpha value is -2.71. The number of hydrogen-bond donors (Lipinski definition) is 1. The van der Waals surface area contributed by atoms with Gasteiger partial charge in [-0.25, -0.2) is 13.9 Å². The van der Waals surface area contributed by atoms with Crippen molar-refractivity contribution in [2.45, 2.75) is 6.18 Å². The van der Waals surface area contributed by atoms with Gasteiger partial charge in [0.05, 0.1) is 23.1 Å². The lowest BCUT2D eigenvalue weighted by atomic mass is 10.2. The van der Waals surface area contributed by atoms with Gasteiger partial charge in [-0.2, -0.15) is 13.2 Å². The molecule has 0 spiro atoms. The zero-order chi connectivity index (χ0) is 15.2. The van der Waals surface area contributed by atoms with Gasteiger partial charge < -0.3 is 5.73 Å². The summed E-state index contributed by atoms with van der Waals surface area (Å²) in [4.78, 5) is 7.36. The number of aromatic nitrogens is 4. The summed E-state index contributed by atoms with van der Waals surface area (Å²) in [6.45, 7) is 0. The molecular formula is C12H7F4N5. The van der Waals surface area contributed by atoms with Gasteiger partial charge in [-0.3, -0.25) is 4.98 Å². The van der Waals surface area contributed by atoms with E-state index in [0.717, 1.165) is 22.7 Å². The number of alkyl halides is 3. The van der Waals surface area contributed by atoms with E-state index in [9.17, 15) is 17.6 Å². The quantitative estimate of drug-likeness (QED) is 0.701. The van der Waals surface area contributed by atoms with E-state index in [1.54, 1.807) is 0 Å². The molecule has 3 rings (SSSR count). The van der Waals surface area contributed by atoms with E-state index in [4.69, 9.17) is 5.73 Å². The van der Waals surface area contributed by atoms with Gasteiger partial charge >= 0.3 is 6.18 Å². The first-order chi connectivity index (χ1) is 9.86. The minimum atomic E-state index is -4.48. The Morgan fingerprint density at radius 2 is 1.86 bits per heavy atom. The Bertz CT molecular complexity index is 807. The number of halogens is 4. The second-order valence-corrected chi connectivity index (χ2v) is 4.22. The van der Waals surface area contributed by atoms with Crippen LogP contribution in [0.3, 0.4) is 0 Å². The number of anilines is 1. The molecule has 3 aromatic heterocycles. The highest BCUT2D eigenvalue weighted by molar-refractivity contribution is 5.64. The van der Waals surface area contributed by atoms with Crippen LogP contribution in [0.25, 0.3) is 16.9 Å². The molecule has 5 nitrogen and oxygen atoms in total. The van der Waals surface area contributed by atoms with Crippen LogP contribution in [-0.4, -0.2) is 19.6 Å². The molecule has 0 saturated heterocycles. The van der Waals surface area contributed by atoms with Crippen LogP contribution < -0.4 is 5.73 Å². The van der Waals surface area contributed by atoms with Crippen LogP contribution in [0.5, 0.6) is 0 Å².